The van der Waals surface area contributed by atoms with Gasteiger partial charge in [0.1, 0.15) is 0 Å². The summed E-state index contributed by atoms with van der Waals surface area (Å²) in [5.74, 6) is 0.342. The average Bonchev–Trinajstić information content (AvgIpc) is 2.29. The molecule has 0 bridgehead atoms. The van der Waals surface area contributed by atoms with Gasteiger partial charge >= 0.3 is 6.18 Å². The van der Waals surface area contributed by atoms with Crippen LogP contribution in [0.25, 0.3) is 0 Å². The summed E-state index contributed by atoms with van der Waals surface area (Å²) in [6.45, 7) is 6.36. The van der Waals surface area contributed by atoms with E-state index in [1.165, 1.54) is 0 Å². The smallest absolute Gasteiger partial charge is 0.171 e. The molecular formula is C11H19F3. The third-order valence-corrected chi connectivity index (χ3v) is 3.29. The highest BCUT2D eigenvalue weighted by Crippen LogP contribution is 2.45. The van der Waals surface area contributed by atoms with Crippen LogP contribution in [0.1, 0.15) is 46.5 Å². The molecule has 0 aromatic carbocycles. The van der Waals surface area contributed by atoms with E-state index in [1.807, 2.05) is 0 Å². The largest absolute Gasteiger partial charge is 0.389 e. The zero-order valence-corrected chi connectivity index (χ0v) is 9.12. The molecule has 0 aromatic rings. The molecular weight excluding hydrogens is 189 g/mol. The maximum absolute atomic E-state index is 12.1. The molecule has 1 saturated carbocycles. The van der Waals surface area contributed by atoms with Crippen molar-refractivity contribution in [1.82, 2.24) is 0 Å². The van der Waals surface area contributed by atoms with Crippen LogP contribution in [0.15, 0.2) is 0 Å². The normalized spacial score (nSPS) is 29.6. The molecule has 0 saturated heterocycles. The van der Waals surface area contributed by atoms with Gasteiger partial charge in [0.05, 0.1) is 0 Å². The number of hydrogen-bond acceptors (Lipinski definition) is 0. The third kappa shape index (κ3) is 3.50. The molecule has 3 heteroatoms. The van der Waals surface area contributed by atoms with Crippen LogP contribution in [0, 0.1) is 17.3 Å². The maximum atomic E-state index is 12.1. The Balaban J connectivity index is 2.42. The highest BCUT2D eigenvalue weighted by atomic mass is 19.4. The predicted octanol–water partition coefficient (Wildman–Crippen LogP) is 4.40. The van der Waals surface area contributed by atoms with Gasteiger partial charge in [-0.05, 0) is 36.5 Å². The van der Waals surface area contributed by atoms with Gasteiger partial charge in [0.15, 0.2) is 0 Å². The van der Waals surface area contributed by atoms with Gasteiger partial charge in [0.2, 0.25) is 0 Å². The molecule has 0 spiro atoms. The van der Waals surface area contributed by atoms with E-state index in [2.05, 4.69) is 20.8 Å². The summed E-state index contributed by atoms with van der Waals surface area (Å²) in [6, 6.07) is 0. The first-order valence-electron chi connectivity index (χ1n) is 5.25. The van der Waals surface area contributed by atoms with Crippen LogP contribution in [0.4, 0.5) is 13.2 Å². The van der Waals surface area contributed by atoms with E-state index in [-0.39, 0.29) is 11.3 Å². The van der Waals surface area contributed by atoms with Crippen molar-refractivity contribution in [2.24, 2.45) is 17.3 Å². The van der Waals surface area contributed by atoms with Crippen molar-refractivity contribution in [3.05, 3.63) is 0 Å². The predicted molar refractivity (Wildman–Crippen MR) is 51.0 cm³/mol. The lowest BCUT2D eigenvalue weighted by molar-refractivity contribution is -0.144. The molecule has 0 aromatic heterocycles. The lowest BCUT2D eigenvalue weighted by Crippen LogP contribution is -2.19. The number of rotatable bonds is 1. The van der Waals surface area contributed by atoms with Crippen LogP contribution in [0.5, 0.6) is 0 Å². The first kappa shape index (κ1) is 11.9. The van der Waals surface area contributed by atoms with Gasteiger partial charge in [0.25, 0.3) is 0 Å². The molecule has 0 nitrogen and oxygen atoms in total. The highest BCUT2D eigenvalue weighted by molar-refractivity contribution is 4.84. The second kappa shape index (κ2) is 3.74. The Labute approximate surface area is 83.9 Å². The van der Waals surface area contributed by atoms with E-state index >= 15 is 0 Å². The van der Waals surface area contributed by atoms with Gasteiger partial charge in [-0.1, -0.05) is 20.8 Å². The zero-order chi connectivity index (χ0) is 11.0. The summed E-state index contributed by atoms with van der Waals surface area (Å²) < 4.78 is 36.4. The summed E-state index contributed by atoms with van der Waals surface area (Å²) in [5.41, 5.74) is 0.167. The van der Waals surface area contributed by atoms with E-state index in [1.54, 1.807) is 0 Å². The van der Waals surface area contributed by atoms with Gasteiger partial charge in [-0.3, -0.25) is 0 Å². The number of alkyl halides is 3. The van der Waals surface area contributed by atoms with Gasteiger partial charge < -0.3 is 0 Å². The fourth-order valence-electron chi connectivity index (χ4n) is 2.37. The molecule has 14 heavy (non-hydrogen) atoms. The van der Waals surface area contributed by atoms with E-state index in [0.29, 0.717) is 5.92 Å². The van der Waals surface area contributed by atoms with Crippen molar-refractivity contribution in [3.63, 3.8) is 0 Å². The van der Waals surface area contributed by atoms with Gasteiger partial charge in [0, 0.05) is 6.42 Å². The zero-order valence-electron chi connectivity index (χ0n) is 9.12. The molecule has 0 heterocycles. The van der Waals surface area contributed by atoms with Crippen LogP contribution in [-0.4, -0.2) is 6.18 Å². The van der Waals surface area contributed by atoms with Crippen molar-refractivity contribution in [3.8, 4) is 0 Å². The SMILES string of the molecule is CC(C)(C)C1CCC(CC(F)(F)F)C1. The topological polar surface area (TPSA) is 0 Å². The minimum atomic E-state index is -3.97. The third-order valence-electron chi connectivity index (χ3n) is 3.29. The molecule has 2 unspecified atom stereocenters. The van der Waals surface area contributed by atoms with E-state index in [4.69, 9.17) is 0 Å². The Morgan fingerprint density at radius 2 is 1.64 bits per heavy atom. The Kier molecular flexibility index (Phi) is 3.17. The van der Waals surface area contributed by atoms with Gasteiger partial charge in [-0.15, -0.1) is 0 Å². The maximum Gasteiger partial charge on any atom is 0.389 e. The monoisotopic (exact) mass is 208 g/mol. The second-order valence-electron chi connectivity index (χ2n) is 5.56. The molecule has 2 atom stereocenters. The van der Waals surface area contributed by atoms with E-state index in [0.717, 1.165) is 19.3 Å². The van der Waals surface area contributed by atoms with Crippen LogP contribution in [0.3, 0.4) is 0 Å². The van der Waals surface area contributed by atoms with Gasteiger partial charge in [-0.25, -0.2) is 0 Å². The molecule has 84 valence electrons. The summed E-state index contributed by atoms with van der Waals surface area (Å²) in [6.07, 6.45) is -2.09. The first-order chi connectivity index (χ1) is 6.18. The number of halogens is 3. The molecule has 1 rings (SSSR count). The standard InChI is InChI=1S/C11H19F3/c1-10(2,3)9-5-4-8(6-9)7-11(12,13)14/h8-9H,4-7H2,1-3H3. The molecule has 0 radical (unpaired) electrons. The average molecular weight is 208 g/mol. The van der Waals surface area contributed by atoms with Crippen LogP contribution in [-0.2, 0) is 0 Å². The summed E-state index contributed by atoms with van der Waals surface area (Å²) in [7, 11) is 0. The fourth-order valence-corrected chi connectivity index (χ4v) is 2.37. The lowest BCUT2D eigenvalue weighted by atomic mass is 9.79. The van der Waals surface area contributed by atoms with Crippen molar-refractivity contribution in [2.75, 3.05) is 0 Å². The van der Waals surface area contributed by atoms with Crippen molar-refractivity contribution in [1.29, 1.82) is 0 Å². The molecule has 0 N–H and O–H groups in total. The van der Waals surface area contributed by atoms with Crippen molar-refractivity contribution >= 4 is 0 Å². The fraction of sp³-hybridized carbons (Fsp3) is 1.00. The summed E-state index contributed by atoms with van der Waals surface area (Å²) in [5, 5.41) is 0. The first-order valence-corrected chi connectivity index (χ1v) is 5.25. The minimum Gasteiger partial charge on any atom is -0.171 e. The Morgan fingerprint density at radius 1 is 1.07 bits per heavy atom. The van der Waals surface area contributed by atoms with E-state index < -0.39 is 12.6 Å². The molecule has 0 aliphatic heterocycles. The van der Waals surface area contributed by atoms with Crippen molar-refractivity contribution < 1.29 is 13.2 Å². The molecule has 1 aliphatic rings. The van der Waals surface area contributed by atoms with Gasteiger partial charge in [-0.2, -0.15) is 13.2 Å². The molecule has 1 aliphatic carbocycles. The Morgan fingerprint density at radius 3 is 2.00 bits per heavy atom. The van der Waals surface area contributed by atoms with Crippen molar-refractivity contribution in [2.45, 2.75) is 52.6 Å². The Hall–Kier alpha value is -0.210. The highest BCUT2D eigenvalue weighted by Gasteiger charge is 2.38. The minimum absolute atomic E-state index is 0.126. The van der Waals surface area contributed by atoms with E-state index in [9.17, 15) is 13.2 Å². The van der Waals surface area contributed by atoms with Crippen LogP contribution < -0.4 is 0 Å². The Bertz CT molecular complexity index is 188. The second-order valence-corrected chi connectivity index (χ2v) is 5.56. The van der Waals surface area contributed by atoms with Crippen LogP contribution >= 0.6 is 0 Å². The van der Waals surface area contributed by atoms with Crippen LogP contribution in [0.2, 0.25) is 0 Å². The lowest BCUT2D eigenvalue weighted by Gasteiger charge is -2.27. The summed E-state index contributed by atoms with van der Waals surface area (Å²) in [4.78, 5) is 0. The number of hydrogen-bond donors (Lipinski definition) is 0. The summed E-state index contributed by atoms with van der Waals surface area (Å²) >= 11 is 0. The molecule has 0 amide bonds. The quantitative estimate of drug-likeness (QED) is 0.599. The molecule has 1 fully saturated rings.